The van der Waals surface area contributed by atoms with Gasteiger partial charge in [-0.15, -0.1) is 0 Å². The van der Waals surface area contributed by atoms with Crippen LogP contribution < -0.4 is 10.1 Å². The molecule has 0 aliphatic heterocycles. The molecule has 9 heteroatoms. The highest BCUT2D eigenvalue weighted by molar-refractivity contribution is 5.74. The van der Waals surface area contributed by atoms with Gasteiger partial charge in [-0.25, -0.2) is 19.7 Å². The van der Waals surface area contributed by atoms with Crippen LogP contribution >= 0.6 is 0 Å². The molecule has 3 heterocycles. The fourth-order valence-corrected chi connectivity index (χ4v) is 5.59. The van der Waals surface area contributed by atoms with Crippen LogP contribution in [0, 0.1) is 13.8 Å². The van der Waals surface area contributed by atoms with Crippen molar-refractivity contribution in [3.63, 3.8) is 0 Å². The van der Waals surface area contributed by atoms with Gasteiger partial charge in [-0.1, -0.05) is 42.5 Å². The van der Waals surface area contributed by atoms with E-state index in [0.29, 0.717) is 30.2 Å². The monoisotopic (exact) mass is 547 g/mol. The Labute approximate surface area is 239 Å². The van der Waals surface area contributed by atoms with Crippen molar-refractivity contribution in [2.75, 3.05) is 0 Å². The molecule has 1 unspecified atom stereocenters. The summed E-state index contributed by atoms with van der Waals surface area (Å²) in [5.41, 5.74) is 7.88. The second-order valence-corrected chi connectivity index (χ2v) is 10.5. The van der Waals surface area contributed by atoms with Gasteiger partial charge >= 0.3 is 6.09 Å². The van der Waals surface area contributed by atoms with Crippen LogP contribution in [0.25, 0.3) is 11.0 Å². The third-order valence-electron chi connectivity index (χ3n) is 7.57. The summed E-state index contributed by atoms with van der Waals surface area (Å²) in [5, 5.41) is 2.86. The largest absolute Gasteiger partial charge is 0.412 e. The first-order chi connectivity index (χ1) is 20.0. The minimum absolute atomic E-state index is 0.185. The van der Waals surface area contributed by atoms with Crippen LogP contribution in [0.2, 0.25) is 0 Å². The van der Waals surface area contributed by atoms with Gasteiger partial charge in [0.15, 0.2) is 5.75 Å². The Kier molecular flexibility index (Phi) is 7.69. The van der Waals surface area contributed by atoms with Crippen molar-refractivity contribution in [2.45, 2.75) is 58.8 Å². The highest BCUT2D eigenvalue weighted by Crippen LogP contribution is 2.34. The quantitative estimate of drug-likeness (QED) is 0.255. The van der Waals surface area contributed by atoms with Gasteiger partial charge in [0.25, 0.3) is 0 Å². The summed E-state index contributed by atoms with van der Waals surface area (Å²) < 4.78 is 5.50. The van der Waals surface area contributed by atoms with Crippen LogP contribution in [0.3, 0.4) is 0 Å². The number of H-pyrrole nitrogens is 1. The average Bonchev–Trinajstić information content (AvgIpc) is 3.40. The number of ether oxygens (including phenoxy) is 1. The predicted octanol–water partition coefficient (Wildman–Crippen LogP) is 5.73. The molecule has 2 N–H and O–H groups in total. The standard InChI is InChI=1S/C32H33N7O2/c1-21-31(22(2)36-20-35-21)41-32(40)34-17-23-8-5-9-24(16-23)18-39(19-29-37-26-12-3-4-13-27(26)38-29)28-14-6-10-25-11-7-15-33-30(25)28/h3-5,7-9,11-13,15-16,20,28H,6,10,14,17-19H2,1-2H3,(H,34,40)(H,37,38). The zero-order valence-electron chi connectivity index (χ0n) is 23.3. The number of carbonyl (C=O) groups excluding carboxylic acids is 1. The number of imidazole rings is 1. The lowest BCUT2D eigenvalue weighted by molar-refractivity contribution is 0.153. The Bertz CT molecular complexity index is 1630. The number of para-hydroxylation sites is 2. The lowest BCUT2D eigenvalue weighted by Crippen LogP contribution is -2.32. The summed E-state index contributed by atoms with van der Waals surface area (Å²) in [6.07, 6.45) is 6.04. The minimum atomic E-state index is -0.534. The van der Waals surface area contributed by atoms with E-state index in [-0.39, 0.29) is 6.04 Å². The molecular weight excluding hydrogens is 514 g/mol. The van der Waals surface area contributed by atoms with Gasteiger partial charge in [-0.2, -0.15) is 0 Å². The molecule has 0 saturated heterocycles. The number of amides is 1. The van der Waals surface area contributed by atoms with Crippen molar-refractivity contribution in [3.8, 4) is 5.75 Å². The number of nitrogens with one attached hydrogen (secondary N) is 2. The molecule has 1 aliphatic rings. The number of benzene rings is 2. The molecule has 2 aromatic carbocycles. The molecule has 0 bridgehead atoms. The summed E-state index contributed by atoms with van der Waals surface area (Å²) in [7, 11) is 0. The molecule has 5 aromatic rings. The third kappa shape index (κ3) is 6.10. The zero-order valence-corrected chi connectivity index (χ0v) is 23.3. The summed E-state index contributed by atoms with van der Waals surface area (Å²) in [4.78, 5) is 36.4. The number of hydrogen-bond donors (Lipinski definition) is 2. The number of pyridine rings is 1. The summed E-state index contributed by atoms with van der Waals surface area (Å²) in [5.74, 6) is 1.33. The van der Waals surface area contributed by atoms with Crippen molar-refractivity contribution >= 4 is 17.1 Å². The summed E-state index contributed by atoms with van der Waals surface area (Å²) >= 11 is 0. The van der Waals surface area contributed by atoms with E-state index >= 15 is 0 Å². The number of rotatable bonds is 8. The molecule has 1 atom stereocenters. The van der Waals surface area contributed by atoms with Crippen molar-refractivity contribution in [1.29, 1.82) is 0 Å². The van der Waals surface area contributed by atoms with Crippen molar-refractivity contribution in [3.05, 3.63) is 113 Å². The topological polar surface area (TPSA) is 109 Å². The second kappa shape index (κ2) is 11.9. The highest BCUT2D eigenvalue weighted by atomic mass is 16.6. The van der Waals surface area contributed by atoms with Crippen LogP contribution in [0.15, 0.2) is 73.2 Å². The maximum atomic E-state index is 12.5. The Morgan fingerprint density at radius 2 is 1.83 bits per heavy atom. The maximum absolute atomic E-state index is 12.5. The van der Waals surface area contributed by atoms with E-state index in [1.54, 1.807) is 13.8 Å². The number of carbonyl (C=O) groups is 1. The molecule has 0 fully saturated rings. The van der Waals surface area contributed by atoms with Crippen molar-refractivity contribution in [2.24, 2.45) is 0 Å². The molecular formula is C32H33N7O2. The van der Waals surface area contributed by atoms with Gasteiger partial charge in [0.05, 0.1) is 40.7 Å². The van der Waals surface area contributed by atoms with Gasteiger partial charge in [0.2, 0.25) is 0 Å². The van der Waals surface area contributed by atoms with Gasteiger partial charge in [-0.3, -0.25) is 9.88 Å². The predicted molar refractivity (Wildman–Crippen MR) is 156 cm³/mol. The normalized spacial score (nSPS) is 14.7. The Balaban J connectivity index is 1.20. The second-order valence-electron chi connectivity index (χ2n) is 10.5. The molecule has 0 spiro atoms. The van der Waals surface area contributed by atoms with Crippen molar-refractivity contribution < 1.29 is 9.53 Å². The van der Waals surface area contributed by atoms with Gasteiger partial charge in [0, 0.05) is 19.3 Å². The molecule has 9 nitrogen and oxygen atoms in total. The number of hydrogen-bond acceptors (Lipinski definition) is 7. The number of aromatic nitrogens is 5. The molecule has 0 saturated carbocycles. The number of nitrogens with zero attached hydrogens (tertiary/aromatic N) is 5. The summed E-state index contributed by atoms with van der Waals surface area (Å²) in [6, 6.07) is 20.8. The van der Waals surface area contributed by atoms with E-state index in [1.165, 1.54) is 11.9 Å². The lowest BCUT2D eigenvalue weighted by atomic mass is 9.90. The van der Waals surface area contributed by atoms with Crippen LogP contribution in [0.4, 0.5) is 4.79 Å². The van der Waals surface area contributed by atoms with E-state index in [1.807, 2.05) is 42.6 Å². The number of fused-ring (bicyclic) bond motifs is 2. The number of aromatic amines is 1. The lowest BCUT2D eigenvalue weighted by Gasteiger charge is -2.34. The molecule has 208 valence electrons. The minimum Gasteiger partial charge on any atom is -0.406 e. The van der Waals surface area contributed by atoms with Gasteiger partial charge in [0.1, 0.15) is 12.2 Å². The Hall–Kier alpha value is -4.63. The first-order valence-corrected chi connectivity index (χ1v) is 14.0. The fourth-order valence-electron chi connectivity index (χ4n) is 5.59. The van der Waals surface area contributed by atoms with Gasteiger partial charge < -0.3 is 15.0 Å². The van der Waals surface area contributed by atoms with Crippen LogP contribution in [-0.2, 0) is 26.1 Å². The van der Waals surface area contributed by atoms with E-state index < -0.39 is 6.09 Å². The third-order valence-corrected chi connectivity index (χ3v) is 7.57. The molecule has 41 heavy (non-hydrogen) atoms. The Morgan fingerprint density at radius 1 is 1.00 bits per heavy atom. The van der Waals surface area contributed by atoms with E-state index in [0.717, 1.165) is 59.5 Å². The van der Waals surface area contributed by atoms with E-state index in [4.69, 9.17) is 14.7 Å². The van der Waals surface area contributed by atoms with E-state index in [9.17, 15) is 4.79 Å². The molecule has 6 rings (SSSR count). The van der Waals surface area contributed by atoms with Crippen LogP contribution in [0.1, 0.15) is 58.5 Å². The Morgan fingerprint density at radius 3 is 2.68 bits per heavy atom. The van der Waals surface area contributed by atoms with Crippen LogP contribution in [0.5, 0.6) is 5.75 Å². The summed E-state index contributed by atoms with van der Waals surface area (Å²) in [6.45, 7) is 5.31. The first kappa shape index (κ1) is 26.6. The first-order valence-electron chi connectivity index (χ1n) is 14.0. The molecule has 1 aliphatic carbocycles. The fraction of sp³-hybridized carbons (Fsp3) is 0.281. The van der Waals surface area contributed by atoms with Gasteiger partial charge in [-0.05, 0) is 68.0 Å². The SMILES string of the molecule is Cc1ncnc(C)c1OC(=O)NCc1cccc(CN(Cc2nc3ccccc3[nH]2)C2CCCc3cccnc32)c1. The average molecular weight is 548 g/mol. The zero-order chi connectivity index (χ0) is 28.2. The molecule has 0 radical (unpaired) electrons. The van der Waals surface area contributed by atoms with Crippen LogP contribution in [-0.4, -0.2) is 35.9 Å². The molecule has 1 amide bonds. The smallest absolute Gasteiger partial charge is 0.406 e. The highest BCUT2D eigenvalue weighted by Gasteiger charge is 2.28. The van der Waals surface area contributed by atoms with E-state index in [2.05, 4.69) is 49.4 Å². The number of aryl methyl sites for hydroxylation is 3. The van der Waals surface area contributed by atoms with Crippen molar-refractivity contribution in [1.82, 2.24) is 35.1 Å². The molecule has 3 aromatic heterocycles. The maximum Gasteiger partial charge on any atom is 0.412 e.